The lowest BCUT2D eigenvalue weighted by molar-refractivity contribution is 0.0921. The Morgan fingerprint density at radius 2 is 2.23 bits per heavy atom. The van der Waals surface area contributed by atoms with Gasteiger partial charge in [0.15, 0.2) is 5.16 Å². The van der Waals surface area contributed by atoms with Crippen molar-refractivity contribution in [2.75, 3.05) is 26.4 Å². The summed E-state index contributed by atoms with van der Waals surface area (Å²) in [6.07, 6.45) is 2.28. The number of likely N-dealkylation sites (N-methyl/N-ethyl adjacent to an activating group) is 1. The molecule has 2 rings (SSSR count). The average molecular weight is 324 g/mol. The SMILES string of the molecule is CC(C)C[C@H](CN(C)C)NC(=O)c1cnc2n(c1=O)CCS2. The molecule has 22 heavy (non-hydrogen) atoms. The Hall–Kier alpha value is -1.34. The van der Waals surface area contributed by atoms with E-state index >= 15 is 0 Å². The molecule has 1 aromatic rings. The molecule has 0 saturated heterocycles. The molecule has 0 unspecified atom stereocenters. The maximum Gasteiger partial charge on any atom is 0.267 e. The number of hydrogen-bond donors (Lipinski definition) is 1. The van der Waals surface area contributed by atoms with Crippen molar-refractivity contribution < 1.29 is 4.79 Å². The van der Waals surface area contributed by atoms with E-state index in [1.807, 2.05) is 19.0 Å². The maximum atomic E-state index is 12.4. The number of carbonyl (C=O) groups is 1. The molecule has 1 atom stereocenters. The van der Waals surface area contributed by atoms with E-state index in [9.17, 15) is 9.59 Å². The van der Waals surface area contributed by atoms with Gasteiger partial charge in [0.05, 0.1) is 0 Å². The van der Waals surface area contributed by atoms with E-state index in [1.165, 1.54) is 6.20 Å². The van der Waals surface area contributed by atoms with Crippen molar-refractivity contribution in [1.29, 1.82) is 0 Å². The third-order valence-electron chi connectivity index (χ3n) is 3.48. The highest BCUT2D eigenvalue weighted by Gasteiger charge is 2.22. The molecule has 2 heterocycles. The van der Waals surface area contributed by atoms with Crippen molar-refractivity contribution >= 4 is 17.7 Å². The van der Waals surface area contributed by atoms with Gasteiger partial charge in [0.2, 0.25) is 0 Å². The third kappa shape index (κ3) is 4.10. The summed E-state index contributed by atoms with van der Waals surface area (Å²) >= 11 is 1.55. The topological polar surface area (TPSA) is 67.2 Å². The van der Waals surface area contributed by atoms with E-state index < -0.39 is 0 Å². The number of nitrogens with zero attached hydrogens (tertiary/aromatic N) is 3. The molecule has 0 saturated carbocycles. The molecular weight excluding hydrogens is 300 g/mol. The lowest BCUT2D eigenvalue weighted by atomic mass is 10.0. The van der Waals surface area contributed by atoms with Gasteiger partial charge in [-0.2, -0.15) is 0 Å². The molecule has 1 aromatic heterocycles. The number of nitrogens with one attached hydrogen (secondary N) is 1. The summed E-state index contributed by atoms with van der Waals surface area (Å²) in [5.74, 6) is 0.988. The second kappa shape index (κ2) is 7.28. The minimum atomic E-state index is -0.322. The summed E-state index contributed by atoms with van der Waals surface area (Å²) in [5, 5.41) is 3.69. The normalized spacial score (nSPS) is 15.2. The van der Waals surface area contributed by atoms with E-state index in [4.69, 9.17) is 0 Å². The van der Waals surface area contributed by atoms with Crippen LogP contribution >= 0.6 is 11.8 Å². The van der Waals surface area contributed by atoms with Crippen LogP contribution in [0.4, 0.5) is 0 Å². The van der Waals surface area contributed by atoms with Gasteiger partial charge in [0.1, 0.15) is 5.56 Å². The van der Waals surface area contributed by atoms with E-state index in [2.05, 4.69) is 24.1 Å². The number of thioether (sulfide) groups is 1. The minimum Gasteiger partial charge on any atom is -0.348 e. The molecule has 0 spiro atoms. The van der Waals surface area contributed by atoms with Crippen LogP contribution in [0, 0.1) is 5.92 Å². The highest BCUT2D eigenvalue weighted by Crippen LogP contribution is 2.20. The van der Waals surface area contributed by atoms with Crippen molar-refractivity contribution in [3.05, 3.63) is 22.1 Å². The molecule has 1 aliphatic rings. The van der Waals surface area contributed by atoms with Crippen LogP contribution in [0.1, 0.15) is 30.6 Å². The van der Waals surface area contributed by atoms with Crippen LogP contribution in [0.3, 0.4) is 0 Å². The van der Waals surface area contributed by atoms with E-state index in [-0.39, 0.29) is 23.1 Å². The van der Waals surface area contributed by atoms with Crippen molar-refractivity contribution in [1.82, 2.24) is 19.8 Å². The first-order chi connectivity index (χ1) is 10.4. The predicted octanol–water partition coefficient (Wildman–Crippen LogP) is 1.06. The van der Waals surface area contributed by atoms with Crippen LogP contribution in [0.5, 0.6) is 0 Å². The molecule has 0 fully saturated rings. The Balaban J connectivity index is 2.15. The molecule has 1 aliphatic heterocycles. The highest BCUT2D eigenvalue weighted by molar-refractivity contribution is 7.99. The molecule has 0 aromatic carbocycles. The fourth-order valence-electron chi connectivity index (χ4n) is 2.63. The van der Waals surface area contributed by atoms with Crippen molar-refractivity contribution in [2.45, 2.75) is 38.0 Å². The molecule has 1 N–H and O–H groups in total. The Morgan fingerprint density at radius 3 is 2.86 bits per heavy atom. The summed E-state index contributed by atoms with van der Waals surface area (Å²) in [6.45, 7) is 5.62. The smallest absolute Gasteiger partial charge is 0.267 e. The van der Waals surface area contributed by atoms with Gasteiger partial charge in [-0.25, -0.2) is 4.98 Å². The van der Waals surface area contributed by atoms with Gasteiger partial charge in [-0.3, -0.25) is 14.2 Å². The van der Waals surface area contributed by atoms with E-state index in [0.29, 0.717) is 17.6 Å². The number of fused-ring (bicyclic) bond motifs is 1. The fourth-order valence-corrected chi connectivity index (χ4v) is 3.54. The van der Waals surface area contributed by atoms with E-state index in [1.54, 1.807) is 16.3 Å². The average Bonchev–Trinajstić information content (AvgIpc) is 2.86. The van der Waals surface area contributed by atoms with Gasteiger partial charge in [-0.1, -0.05) is 25.6 Å². The Bertz CT molecular complexity index is 588. The van der Waals surface area contributed by atoms with Crippen LogP contribution in [0.25, 0.3) is 0 Å². The largest absolute Gasteiger partial charge is 0.348 e. The lowest BCUT2D eigenvalue weighted by Crippen LogP contribution is -2.44. The first-order valence-electron chi connectivity index (χ1n) is 7.56. The van der Waals surface area contributed by atoms with Gasteiger partial charge < -0.3 is 10.2 Å². The zero-order chi connectivity index (χ0) is 16.3. The molecule has 122 valence electrons. The van der Waals surface area contributed by atoms with Crippen LogP contribution in [-0.2, 0) is 6.54 Å². The first kappa shape index (κ1) is 17.0. The third-order valence-corrected chi connectivity index (χ3v) is 4.45. The van der Waals surface area contributed by atoms with Gasteiger partial charge in [-0.15, -0.1) is 0 Å². The second-order valence-electron chi connectivity index (χ2n) is 6.32. The van der Waals surface area contributed by atoms with Gasteiger partial charge in [-0.05, 0) is 26.4 Å². The molecule has 7 heteroatoms. The summed E-state index contributed by atoms with van der Waals surface area (Å²) in [4.78, 5) is 31.1. The van der Waals surface area contributed by atoms with Crippen LogP contribution in [0.2, 0.25) is 0 Å². The zero-order valence-electron chi connectivity index (χ0n) is 13.6. The number of aromatic nitrogens is 2. The van der Waals surface area contributed by atoms with Crippen LogP contribution in [-0.4, -0.2) is 52.8 Å². The molecule has 0 bridgehead atoms. The minimum absolute atomic E-state index is 0.0227. The number of hydrogen-bond acceptors (Lipinski definition) is 5. The van der Waals surface area contributed by atoms with Gasteiger partial charge in [0.25, 0.3) is 11.5 Å². The molecule has 0 radical (unpaired) electrons. The summed E-state index contributed by atoms with van der Waals surface area (Å²) in [7, 11) is 3.95. The zero-order valence-corrected chi connectivity index (χ0v) is 14.4. The van der Waals surface area contributed by atoms with Crippen LogP contribution in [0.15, 0.2) is 16.1 Å². The van der Waals surface area contributed by atoms with Gasteiger partial charge >= 0.3 is 0 Å². The predicted molar refractivity (Wildman–Crippen MR) is 88.5 cm³/mol. The monoisotopic (exact) mass is 324 g/mol. The molecule has 6 nitrogen and oxygen atoms in total. The summed E-state index contributed by atoms with van der Waals surface area (Å²) in [6, 6.07) is 0.0227. The van der Waals surface area contributed by atoms with Crippen LogP contribution < -0.4 is 10.9 Å². The van der Waals surface area contributed by atoms with E-state index in [0.717, 1.165) is 18.7 Å². The summed E-state index contributed by atoms with van der Waals surface area (Å²) in [5.41, 5.74) is -0.0978. The number of carbonyl (C=O) groups excluding carboxylic acids is 1. The summed E-state index contributed by atoms with van der Waals surface area (Å²) < 4.78 is 1.59. The number of rotatable bonds is 6. The Morgan fingerprint density at radius 1 is 1.50 bits per heavy atom. The first-order valence-corrected chi connectivity index (χ1v) is 8.55. The Labute approximate surface area is 135 Å². The van der Waals surface area contributed by atoms with Gasteiger partial charge in [0, 0.05) is 31.1 Å². The fraction of sp³-hybridized carbons (Fsp3) is 0.667. The Kier molecular flexibility index (Phi) is 5.63. The standard InChI is InChI=1S/C15H24N4O2S/c1-10(2)7-11(9-18(3)4)17-13(20)12-8-16-15-19(14(12)21)5-6-22-15/h8,10-11H,5-7,9H2,1-4H3,(H,17,20)/t11-/m1/s1. The van der Waals surface area contributed by atoms with Crippen molar-refractivity contribution in [3.8, 4) is 0 Å². The number of amides is 1. The highest BCUT2D eigenvalue weighted by atomic mass is 32.2. The van der Waals surface area contributed by atoms with Crippen molar-refractivity contribution in [3.63, 3.8) is 0 Å². The lowest BCUT2D eigenvalue weighted by Gasteiger charge is -2.23. The maximum absolute atomic E-state index is 12.4. The molecular formula is C15H24N4O2S. The second-order valence-corrected chi connectivity index (χ2v) is 7.38. The molecule has 1 amide bonds. The van der Waals surface area contributed by atoms with Crippen molar-refractivity contribution in [2.24, 2.45) is 5.92 Å². The quantitative estimate of drug-likeness (QED) is 0.793. The molecule has 0 aliphatic carbocycles.